The van der Waals surface area contributed by atoms with Gasteiger partial charge in [0, 0.05) is 17.1 Å². The summed E-state index contributed by atoms with van der Waals surface area (Å²) in [6.07, 6.45) is 2.54. The normalized spacial score (nSPS) is 20.5. The Morgan fingerprint density at radius 1 is 1.33 bits per heavy atom. The number of ether oxygens (including phenoxy) is 1. The molecule has 1 unspecified atom stereocenters. The standard InChI is InChI=1S/C15H14N2O3S/c18-14(13-10-16-15(19)20-13)17(11-4-2-1-3-5-11)12-6-8-21-9-7-12/h1-8,13H,9-10H2,(H,16,19). The highest BCUT2D eigenvalue weighted by molar-refractivity contribution is 8.02. The number of nitrogens with one attached hydrogen (secondary N) is 1. The first-order chi connectivity index (χ1) is 10.3. The van der Waals surface area contributed by atoms with Gasteiger partial charge in [-0.3, -0.25) is 9.69 Å². The molecule has 0 bridgehead atoms. The van der Waals surface area contributed by atoms with Crippen molar-refractivity contribution < 1.29 is 14.3 Å². The quantitative estimate of drug-likeness (QED) is 0.930. The number of para-hydroxylation sites is 1. The molecule has 0 spiro atoms. The molecule has 108 valence electrons. The molecule has 2 aliphatic rings. The Kier molecular flexibility index (Phi) is 3.96. The molecule has 1 saturated heterocycles. The van der Waals surface area contributed by atoms with Crippen LogP contribution in [0.15, 0.2) is 53.6 Å². The zero-order valence-corrected chi connectivity index (χ0v) is 12.0. The molecule has 0 aliphatic carbocycles. The Morgan fingerprint density at radius 3 is 2.76 bits per heavy atom. The van der Waals surface area contributed by atoms with Crippen LogP contribution in [0.3, 0.4) is 0 Å². The summed E-state index contributed by atoms with van der Waals surface area (Å²) < 4.78 is 5.02. The summed E-state index contributed by atoms with van der Waals surface area (Å²) in [6, 6.07) is 9.36. The van der Waals surface area contributed by atoms with Crippen LogP contribution in [-0.4, -0.2) is 30.4 Å². The summed E-state index contributed by atoms with van der Waals surface area (Å²) in [7, 11) is 0. The number of amides is 2. The predicted molar refractivity (Wildman–Crippen MR) is 81.9 cm³/mol. The van der Waals surface area contributed by atoms with E-state index in [0.717, 1.165) is 17.1 Å². The number of carbonyl (C=O) groups excluding carboxylic acids is 2. The van der Waals surface area contributed by atoms with Gasteiger partial charge in [-0.15, -0.1) is 11.8 Å². The largest absolute Gasteiger partial charge is 0.434 e. The van der Waals surface area contributed by atoms with Gasteiger partial charge >= 0.3 is 6.09 Å². The second-order valence-electron chi connectivity index (χ2n) is 4.55. The van der Waals surface area contributed by atoms with Crippen LogP contribution in [0, 0.1) is 0 Å². The molecule has 2 heterocycles. The zero-order chi connectivity index (χ0) is 14.7. The SMILES string of the molecule is O=C1NCC(C(=O)N(C2=CCSC=C2)c2ccccc2)O1. The number of anilines is 1. The Morgan fingerprint density at radius 2 is 2.14 bits per heavy atom. The second-order valence-corrected chi connectivity index (χ2v) is 5.49. The Hall–Kier alpha value is -2.21. The molecule has 1 aromatic rings. The van der Waals surface area contributed by atoms with E-state index in [-0.39, 0.29) is 12.5 Å². The van der Waals surface area contributed by atoms with Crippen molar-refractivity contribution in [2.24, 2.45) is 0 Å². The number of thioether (sulfide) groups is 1. The molecule has 1 aromatic carbocycles. The van der Waals surface area contributed by atoms with E-state index in [0.29, 0.717) is 0 Å². The fourth-order valence-corrected chi connectivity index (χ4v) is 2.81. The first-order valence-electron chi connectivity index (χ1n) is 6.57. The number of nitrogens with zero attached hydrogens (tertiary/aromatic N) is 1. The van der Waals surface area contributed by atoms with Gasteiger partial charge in [-0.2, -0.15) is 0 Å². The van der Waals surface area contributed by atoms with Crippen molar-refractivity contribution in [2.45, 2.75) is 6.10 Å². The summed E-state index contributed by atoms with van der Waals surface area (Å²) in [5.74, 6) is 0.563. The van der Waals surface area contributed by atoms with Crippen LogP contribution >= 0.6 is 11.8 Å². The molecule has 1 fully saturated rings. The van der Waals surface area contributed by atoms with E-state index in [9.17, 15) is 9.59 Å². The van der Waals surface area contributed by atoms with Crippen LogP contribution in [-0.2, 0) is 9.53 Å². The fourth-order valence-electron chi connectivity index (χ4n) is 2.19. The number of carbonyl (C=O) groups is 2. The van der Waals surface area contributed by atoms with Crippen LogP contribution in [0.5, 0.6) is 0 Å². The summed E-state index contributed by atoms with van der Waals surface area (Å²) in [5.41, 5.74) is 1.56. The van der Waals surface area contributed by atoms with Crippen molar-refractivity contribution in [3.05, 3.63) is 53.6 Å². The number of rotatable bonds is 3. The molecule has 0 saturated carbocycles. The number of benzene rings is 1. The van der Waals surface area contributed by atoms with Gasteiger partial charge in [-0.05, 0) is 29.7 Å². The second kappa shape index (κ2) is 6.05. The predicted octanol–water partition coefficient (Wildman–Crippen LogP) is 2.27. The van der Waals surface area contributed by atoms with Gasteiger partial charge in [0.25, 0.3) is 5.91 Å². The highest BCUT2D eigenvalue weighted by atomic mass is 32.2. The first-order valence-corrected chi connectivity index (χ1v) is 7.62. The van der Waals surface area contributed by atoms with E-state index in [4.69, 9.17) is 4.74 Å². The van der Waals surface area contributed by atoms with Crippen molar-refractivity contribution in [2.75, 3.05) is 17.2 Å². The summed E-state index contributed by atoms with van der Waals surface area (Å²) in [5, 5.41) is 4.47. The van der Waals surface area contributed by atoms with Crippen molar-refractivity contribution in [3.63, 3.8) is 0 Å². The van der Waals surface area contributed by atoms with Gasteiger partial charge in [-0.1, -0.05) is 18.2 Å². The number of hydrogen-bond acceptors (Lipinski definition) is 4. The maximum Gasteiger partial charge on any atom is 0.408 e. The lowest BCUT2D eigenvalue weighted by atomic mass is 10.2. The number of hydrogen-bond donors (Lipinski definition) is 1. The Labute approximate surface area is 126 Å². The van der Waals surface area contributed by atoms with Gasteiger partial charge in [0.2, 0.25) is 0 Å². The van der Waals surface area contributed by atoms with Gasteiger partial charge in [0.05, 0.1) is 6.54 Å². The lowest BCUT2D eigenvalue weighted by Gasteiger charge is -2.26. The number of alkyl carbamates (subject to hydrolysis) is 1. The maximum atomic E-state index is 12.7. The summed E-state index contributed by atoms with van der Waals surface area (Å²) >= 11 is 1.66. The highest BCUT2D eigenvalue weighted by Crippen LogP contribution is 2.25. The molecule has 2 amide bonds. The molecule has 1 atom stereocenters. The van der Waals surface area contributed by atoms with E-state index >= 15 is 0 Å². The number of allylic oxidation sites excluding steroid dienone is 1. The lowest BCUT2D eigenvalue weighted by molar-refractivity contribution is -0.124. The fraction of sp³-hybridized carbons (Fsp3) is 0.200. The van der Waals surface area contributed by atoms with Crippen LogP contribution in [0.1, 0.15) is 0 Å². The van der Waals surface area contributed by atoms with Crippen LogP contribution in [0.25, 0.3) is 0 Å². The molecule has 21 heavy (non-hydrogen) atoms. The highest BCUT2D eigenvalue weighted by Gasteiger charge is 2.34. The molecule has 3 rings (SSSR count). The van der Waals surface area contributed by atoms with Gasteiger partial charge in [0.1, 0.15) is 0 Å². The Balaban J connectivity index is 1.92. The van der Waals surface area contributed by atoms with Crippen molar-refractivity contribution in [1.29, 1.82) is 0 Å². The molecular weight excluding hydrogens is 288 g/mol. The van der Waals surface area contributed by atoms with E-state index in [1.54, 1.807) is 16.7 Å². The molecule has 2 aliphatic heterocycles. The minimum atomic E-state index is -0.790. The number of cyclic esters (lactones) is 1. The average molecular weight is 302 g/mol. The summed E-state index contributed by atoms with van der Waals surface area (Å²) in [4.78, 5) is 25.5. The van der Waals surface area contributed by atoms with E-state index in [2.05, 4.69) is 5.32 Å². The van der Waals surface area contributed by atoms with Crippen LogP contribution < -0.4 is 10.2 Å². The van der Waals surface area contributed by atoms with Gasteiger partial charge < -0.3 is 10.1 Å². The van der Waals surface area contributed by atoms with Crippen LogP contribution in [0.4, 0.5) is 10.5 Å². The van der Waals surface area contributed by atoms with Gasteiger partial charge in [-0.25, -0.2) is 4.79 Å². The maximum absolute atomic E-state index is 12.7. The smallest absolute Gasteiger partial charge is 0.408 e. The van der Waals surface area contributed by atoms with Crippen molar-refractivity contribution >= 4 is 29.4 Å². The van der Waals surface area contributed by atoms with E-state index in [1.165, 1.54) is 0 Å². The van der Waals surface area contributed by atoms with Crippen LogP contribution in [0.2, 0.25) is 0 Å². The molecule has 0 radical (unpaired) electrons. The Bertz CT molecular complexity index is 613. The van der Waals surface area contributed by atoms with Gasteiger partial charge in [0.15, 0.2) is 6.10 Å². The molecule has 5 nitrogen and oxygen atoms in total. The zero-order valence-electron chi connectivity index (χ0n) is 11.2. The third-order valence-corrected chi connectivity index (χ3v) is 3.86. The first kappa shape index (κ1) is 13.8. The monoisotopic (exact) mass is 302 g/mol. The third kappa shape index (κ3) is 2.95. The molecular formula is C15H14N2O3S. The topological polar surface area (TPSA) is 58.6 Å². The van der Waals surface area contributed by atoms with Crippen molar-refractivity contribution in [3.8, 4) is 0 Å². The van der Waals surface area contributed by atoms with Crippen molar-refractivity contribution in [1.82, 2.24) is 5.32 Å². The molecule has 0 aromatic heterocycles. The van der Waals surface area contributed by atoms with E-state index < -0.39 is 12.2 Å². The average Bonchev–Trinajstić information content (AvgIpc) is 2.96. The summed E-state index contributed by atoms with van der Waals surface area (Å²) in [6.45, 7) is 0.201. The third-order valence-electron chi connectivity index (χ3n) is 3.17. The molecule has 1 N–H and O–H groups in total. The molecule has 6 heteroatoms. The minimum Gasteiger partial charge on any atom is -0.434 e. The lowest BCUT2D eigenvalue weighted by Crippen LogP contribution is -2.40. The van der Waals surface area contributed by atoms with E-state index in [1.807, 2.05) is 47.9 Å². The minimum absolute atomic E-state index is 0.201.